The highest BCUT2D eigenvalue weighted by atomic mass is 35.5. The fourth-order valence-corrected chi connectivity index (χ4v) is 2.10. The third-order valence-corrected chi connectivity index (χ3v) is 3.67. The molecule has 2 rings (SSSR count). The van der Waals surface area contributed by atoms with Crippen LogP contribution in [0.4, 0.5) is 4.39 Å². The summed E-state index contributed by atoms with van der Waals surface area (Å²) >= 11 is 17.5. The summed E-state index contributed by atoms with van der Waals surface area (Å²) in [5, 5.41) is 0.891. The predicted molar refractivity (Wildman–Crippen MR) is 81.2 cm³/mol. The van der Waals surface area contributed by atoms with Crippen LogP contribution in [0.25, 0.3) is 6.08 Å². The lowest BCUT2D eigenvalue weighted by molar-refractivity contribution is 0.104. The second-order valence-electron chi connectivity index (χ2n) is 3.96. The lowest BCUT2D eigenvalue weighted by Gasteiger charge is -2.01. The molecule has 2 aromatic rings. The molecule has 0 aliphatic carbocycles. The largest absolute Gasteiger partial charge is 0.289 e. The van der Waals surface area contributed by atoms with Gasteiger partial charge in [0, 0.05) is 11.1 Å². The zero-order valence-electron chi connectivity index (χ0n) is 10.0. The summed E-state index contributed by atoms with van der Waals surface area (Å²) in [5.41, 5.74) is 0.533. The number of hydrogen-bond acceptors (Lipinski definition) is 1. The van der Waals surface area contributed by atoms with Crippen molar-refractivity contribution in [2.24, 2.45) is 0 Å². The van der Waals surface area contributed by atoms with Crippen LogP contribution in [0.3, 0.4) is 0 Å². The highest BCUT2D eigenvalue weighted by Gasteiger charge is 2.07. The van der Waals surface area contributed by atoms with Crippen molar-refractivity contribution >= 4 is 46.7 Å². The molecule has 0 fully saturated rings. The van der Waals surface area contributed by atoms with Gasteiger partial charge in [-0.15, -0.1) is 0 Å². The summed E-state index contributed by atoms with van der Waals surface area (Å²) in [4.78, 5) is 12.0. The molecule has 0 heterocycles. The van der Waals surface area contributed by atoms with Crippen LogP contribution >= 0.6 is 34.8 Å². The smallest absolute Gasteiger partial charge is 0.185 e. The van der Waals surface area contributed by atoms with E-state index < -0.39 is 5.82 Å². The highest BCUT2D eigenvalue weighted by Crippen LogP contribution is 2.24. The van der Waals surface area contributed by atoms with Crippen molar-refractivity contribution in [3.63, 3.8) is 0 Å². The third-order valence-electron chi connectivity index (χ3n) is 2.61. The van der Waals surface area contributed by atoms with Crippen molar-refractivity contribution in [3.8, 4) is 0 Å². The van der Waals surface area contributed by atoms with Crippen molar-refractivity contribution in [2.75, 3.05) is 0 Å². The van der Waals surface area contributed by atoms with Crippen LogP contribution in [-0.4, -0.2) is 5.78 Å². The van der Waals surface area contributed by atoms with E-state index in [1.807, 2.05) is 0 Å². The van der Waals surface area contributed by atoms with E-state index >= 15 is 0 Å². The maximum Gasteiger partial charge on any atom is 0.185 e. The van der Waals surface area contributed by atoms with Crippen molar-refractivity contribution in [1.82, 2.24) is 0 Å². The van der Waals surface area contributed by atoms with Crippen molar-refractivity contribution < 1.29 is 9.18 Å². The third kappa shape index (κ3) is 3.40. The molecule has 1 nitrogen and oxygen atoms in total. The Balaban J connectivity index is 2.27. The van der Waals surface area contributed by atoms with Gasteiger partial charge in [-0.3, -0.25) is 4.79 Å². The molecule has 0 aliphatic heterocycles. The highest BCUT2D eigenvalue weighted by molar-refractivity contribution is 6.42. The van der Waals surface area contributed by atoms with Gasteiger partial charge in [-0.1, -0.05) is 40.9 Å². The fraction of sp³-hybridized carbons (Fsp3) is 0. The standard InChI is InChI=1S/C15H8Cl3FO/c16-11-2-1-3-14(19)10(11)5-7-15(20)9-4-6-12(17)13(18)8-9/h1-8H. The molecule has 0 unspecified atom stereocenters. The number of halogens is 4. The Morgan fingerprint density at radius 2 is 1.75 bits per heavy atom. The summed E-state index contributed by atoms with van der Waals surface area (Å²) in [6.45, 7) is 0. The van der Waals surface area contributed by atoms with Crippen LogP contribution in [0.15, 0.2) is 42.5 Å². The Bertz CT molecular complexity index is 675. The van der Waals surface area contributed by atoms with Gasteiger partial charge >= 0.3 is 0 Å². The molecule has 0 radical (unpaired) electrons. The first-order chi connectivity index (χ1) is 9.49. The molecule has 20 heavy (non-hydrogen) atoms. The minimum absolute atomic E-state index is 0.169. The Morgan fingerprint density at radius 3 is 2.40 bits per heavy atom. The lowest BCUT2D eigenvalue weighted by atomic mass is 10.1. The Hall–Kier alpha value is -1.35. The second-order valence-corrected chi connectivity index (χ2v) is 5.18. The van der Waals surface area contributed by atoms with Gasteiger partial charge in [-0.2, -0.15) is 0 Å². The van der Waals surface area contributed by atoms with E-state index in [0.29, 0.717) is 10.6 Å². The van der Waals surface area contributed by atoms with Gasteiger partial charge in [-0.25, -0.2) is 4.39 Å². The van der Waals surface area contributed by atoms with E-state index in [1.165, 1.54) is 36.4 Å². The summed E-state index contributed by atoms with van der Waals surface area (Å²) in [7, 11) is 0. The van der Waals surface area contributed by atoms with Gasteiger partial charge in [0.2, 0.25) is 0 Å². The molecular formula is C15H8Cl3FO. The molecule has 0 atom stereocenters. The SMILES string of the molecule is O=C(C=Cc1c(F)cccc1Cl)c1ccc(Cl)c(Cl)c1. The van der Waals surface area contributed by atoms with Gasteiger partial charge in [0.25, 0.3) is 0 Å². The first-order valence-electron chi connectivity index (χ1n) is 5.60. The number of allylic oxidation sites excluding steroid dienone is 1. The molecule has 0 N–H and O–H groups in total. The molecule has 5 heteroatoms. The molecule has 0 saturated heterocycles. The number of rotatable bonds is 3. The molecule has 0 aliphatic rings. The van der Waals surface area contributed by atoms with Gasteiger partial charge in [-0.05, 0) is 42.5 Å². The number of benzene rings is 2. The average Bonchev–Trinajstić information content (AvgIpc) is 2.41. The first-order valence-corrected chi connectivity index (χ1v) is 6.74. The van der Waals surface area contributed by atoms with Gasteiger partial charge < -0.3 is 0 Å². The molecule has 0 saturated carbocycles. The van der Waals surface area contributed by atoms with E-state index in [1.54, 1.807) is 12.1 Å². The van der Waals surface area contributed by atoms with E-state index in [4.69, 9.17) is 34.8 Å². The van der Waals surface area contributed by atoms with Crippen LogP contribution in [0.2, 0.25) is 15.1 Å². The fourth-order valence-electron chi connectivity index (χ4n) is 1.57. The number of carbonyl (C=O) groups is 1. The molecule has 0 amide bonds. The van der Waals surface area contributed by atoms with Crippen molar-refractivity contribution in [3.05, 3.63) is 74.5 Å². The Kier molecular flexibility index (Phi) is 4.81. The maximum absolute atomic E-state index is 13.5. The normalized spacial score (nSPS) is 11.0. The van der Waals surface area contributed by atoms with E-state index in [2.05, 4.69) is 0 Å². The molecular weight excluding hydrogens is 322 g/mol. The summed E-state index contributed by atoms with van der Waals surface area (Å²) in [6, 6.07) is 8.85. The van der Waals surface area contributed by atoms with Crippen LogP contribution in [0.5, 0.6) is 0 Å². The summed E-state index contributed by atoms with van der Waals surface area (Å²) in [5.74, 6) is -0.807. The summed E-state index contributed by atoms with van der Waals surface area (Å²) in [6.07, 6.45) is 2.58. The summed E-state index contributed by atoms with van der Waals surface area (Å²) < 4.78 is 13.5. The zero-order chi connectivity index (χ0) is 14.7. The molecule has 102 valence electrons. The maximum atomic E-state index is 13.5. The van der Waals surface area contributed by atoms with E-state index in [9.17, 15) is 9.18 Å². The second kappa shape index (κ2) is 6.40. The van der Waals surface area contributed by atoms with Crippen LogP contribution in [0, 0.1) is 5.82 Å². The number of ketones is 1. The van der Waals surface area contributed by atoms with Gasteiger partial charge in [0.05, 0.1) is 15.1 Å². The minimum Gasteiger partial charge on any atom is -0.289 e. The zero-order valence-corrected chi connectivity index (χ0v) is 12.3. The van der Waals surface area contributed by atoms with Gasteiger partial charge in [0.1, 0.15) is 5.82 Å². The monoisotopic (exact) mass is 328 g/mol. The first kappa shape index (κ1) is 15.0. The Labute approximate surface area is 130 Å². The number of hydrogen-bond donors (Lipinski definition) is 0. The molecule has 0 spiro atoms. The van der Waals surface area contributed by atoms with E-state index in [-0.39, 0.29) is 21.4 Å². The Morgan fingerprint density at radius 1 is 1.00 bits per heavy atom. The van der Waals surface area contributed by atoms with Crippen LogP contribution in [0.1, 0.15) is 15.9 Å². The van der Waals surface area contributed by atoms with Gasteiger partial charge in [0.15, 0.2) is 5.78 Å². The molecule has 0 aromatic heterocycles. The van der Waals surface area contributed by atoms with Crippen molar-refractivity contribution in [2.45, 2.75) is 0 Å². The average molecular weight is 330 g/mol. The molecule has 0 bridgehead atoms. The van der Waals surface area contributed by atoms with Crippen LogP contribution < -0.4 is 0 Å². The number of carbonyl (C=O) groups excluding carboxylic acids is 1. The minimum atomic E-state index is -0.490. The topological polar surface area (TPSA) is 17.1 Å². The quantitative estimate of drug-likeness (QED) is 0.523. The predicted octanol–water partition coefficient (Wildman–Crippen LogP) is 5.68. The van der Waals surface area contributed by atoms with Crippen LogP contribution in [-0.2, 0) is 0 Å². The lowest BCUT2D eigenvalue weighted by Crippen LogP contribution is -1.94. The van der Waals surface area contributed by atoms with E-state index in [0.717, 1.165) is 0 Å². The molecule has 2 aromatic carbocycles. The van der Waals surface area contributed by atoms with Crippen molar-refractivity contribution in [1.29, 1.82) is 0 Å².